The number of hydrogen-bond donors (Lipinski definition) is 1. The molecule has 2 rings (SSSR count). The van der Waals surface area contributed by atoms with E-state index in [1.54, 1.807) is 18.2 Å². The van der Waals surface area contributed by atoms with Gasteiger partial charge in [-0.15, -0.1) is 0 Å². The molecule has 1 aromatic heterocycles. The van der Waals surface area contributed by atoms with Crippen molar-refractivity contribution >= 4 is 34.6 Å². The van der Waals surface area contributed by atoms with E-state index in [1.807, 2.05) is 13.0 Å². The summed E-state index contributed by atoms with van der Waals surface area (Å²) in [5.74, 6) is 0.119. The molecule has 0 fully saturated rings. The Morgan fingerprint density at radius 2 is 2.25 bits per heavy atom. The Kier molecular flexibility index (Phi) is 2.71. The van der Waals surface area contributed by atoms with Gasteiger partial charge in [-0.2, -0.15) is 0 Å². The van der Waals surface area contributed by atoms with Gasteiger partial charge in [0.1, 0.15) is 11.3 Å². The van der Waals surface area contributed by atoms with Crippen LogP contribution in [0.1, 0.15) is 11.3 Å². The molecule has 0 aliphatic carbocycles. The summed E-state index contributed by atoms with van der Waals surface area (Å²) in [7, 11) is 0. The van der Waals surface area contributed by atoms with E-state index in [-0.39, 0.29) is 0 Å². The number of rotatable bonds is 2. The molecule has 0 spiro atoms. The topological polar surface area (TPSA) is 56.2 Å². The normalized spacial score (nSPS) is 11.4. The number of nitrogens with two attached hydrogens (primary N) is 1. The van der Waals surface area contributed by atoms with Crippen molar-refractivity contribution in [3.63, 3.8) is 0 Å². The molecule has 1 amide bonds. The van der Waals surface area contributed by atoms with Gasteiger partial charge in [-0.1, -0.05) is 11.6 Å². The van der Waals surface area contributed by atoms with E-state index < -0.39 is 5.91 Å². The number of halogens is 1. The third-order valence-electron chi connectivity index (χ3n) is 2.33. The molecule has 3 nitrogen and oxygen atoms in total. The molecule has 0 radical (unpaired) electrons. The minimum atomic E-state index is -0.502. The highest BCUT2D eigenvalue weighted by Crippen LogP contribution is 2.28. The molecule has 2 N–H and O–H groups in total. The first-order chi connectivity index (χ1) is 7.58. The number of furan rings is 1. The largest absolute Gasteiger partial charge is 0.456 e. The van der Waals surface area contributed by atoms with Crippen molar-refractivity contribution in [3.05, 3.63) is 40.6 Å². The minimum Gasteiger partial charge on any atom is -0.456 e. The predicted molar refractivity (Wildman–Crippen MR) is 64.2 cm³/mol. The van der Waals surface area contributed by atoms with E-state index in [2.05, 4.69) is 0 Å². The quantitative estimate of drug-likeness (QED) is 0.814. The first kappa shape index (κ1) is 10.8. The van der Waals surface area contributed by atoms with Crippen LogP contribution in [0.4, 0.5) is 0 Å². The van der Waals surface area contributed by atoms with Crippen LogP contribution < -0.4 is 5.73 Å². The first-order valence-corrected chi connectivity index (χ1v) is 5.12. The van der Waals surface area contributed by atoms with E-state index >= 15 is 0 Å². The summed E-state index contributed by atoms with van der Waals surface area (Å²) >= 11 is 5.89. The van der Waals surface area contributed by atoms with Gasteiger partial charge in [-0.3, -0.25) is 4.79 Å². The smallest absolute Gasteiger partial charge is 0.241 e. The summed E-state index contributed by atoms with van der Waals surface area (Å²) in [6.07, 6.45) is 2.83. The van der Waals surface area contributed by atoms with Gasteiger partial charge in [0.2, 0.25) is 5.91 Å². The van der Waals surface area contributed by atoms with Gasteiger partial charge >= 0.3 is 0 Å². The average molecular weight is 236 g/mol. The molecule has 0 atom stereocenters. The molecular weight excluding hydrogens is 226 g/mol. The molecule has 4 heteroatoms. The zero-order chi connectivity index (χ0) is 11.7. The molecule has 1 heterocycles. The van der Waals surface area contributed by atoms with Crippen LogP contribution in [0.5, 0.6) is 0 Å². The summed E-state index contributed by atoms with van der Waals surface area (Å²) in [6, 6.07) is 5.39. The molecule has 0 saturated heterocycles. The van der Waals surface area contributed by atoms with Gasteiger partial charge in [0.15, 0.2) is 0 Å². The highest BCUT2D eigenvalue weighted by atomic mass is 35.5. The summed E-state index contributed by atoms with van der Waals surface area (Å²) in [4.78, 5) is 10.6. The van der Waals surface area contributed by atoms with Crippen molar-refractivity contribution in [3.8, 4) is 0 Å². The second-order valence-electron chi connectivity index (χ2n) is 3.47. The van der Waals surface area contributed by atoms with Crippen LogP contribution in [-0.4, -0.2) is 5.91 Å². The molecule has 2 aromatic rings. The van der Waals surface area contributed by atoms with Crippen LogP contribution >= 0.6 is 11.6 Å². The third kappa shape index (κ3) is 1.95. The fourth-order valence-corrected chi connectivity index (χ4v) is 1.70. The third-order valence-corrected chi connectivity index (χ3v) is 2.57. The molecule has 0 aliphatic heterocycles. The minimum absolute atomic E-state index is 0.502. The lowest BCUT2D eigenvalue weighted by atomic mass is 10.1. The molecule has 0 aliphatic rings. The number of carbonyl (C=O) groups is 1. The molecule has 16 heavy (non-hydrogen) atoms. The van der Waals surface area contributed by atoms with E-state index in [9.17, 15) is 4.79 Å². The summed E-state index contributed by atoms with van der Waals surface area (Å²) in [5, 5.41) is 1.60. The molecule has 0 bridgehead atoms. The molecule has 82 valence electrons. The second kappa shape index (κ2) is 4.02. The van der Waals surface area contributed by atoms with Crippen molar-refractivity contribution in [2.75, 3.05) is 0 Å². The van der Waals surface area contributed by atoms with E-state index in [4.69, 9.17) is 21.8 Å². The van der Waals surface area contributed by atoms with Crippen LogP contribution in [0.2, 0.25) is 5.02 Å². The monoisotopic (exact) mass is 235 g/mol. The highest BCUT2D eigenvalue weighted by molar-refractivity contribution is 6.31. The van der Waals surface area contributed by atoms with Crippen molar-refractivity contribution in [1.29, 1.82) is 0 Å². The molecule has 1 aromatic carbocycles. The summed E-state index contributed by atoms with van der Waals surface area (Å²) in [5.41, 5.74) is 6.70. The van der Waals surface area contributed by atoms with Gasteiger partial charge in [0.05, 0.1) is 0 Å². The Morgan fingerprint density at radius 3 is 2.94 bits per heavy atom. The van der Waals surface area contributed by atoms with Crippen molar-refractivity contribution in [1.82, 2.24) is 0 Å². The van der Waals surface area contributed by atoms with Crippen LogP contribution in [0.25, 0.3) is 17.0 Å². The second-order valence-corrected chi connectivity index (χ2v) is 3.90. The van der Waals surface area contributed by atoms with Crippen molar-refractivity contribution in [2.45, 2.75) is 6.92 Å². The Morgan fingerprint density at radius 1 is 1.50 bits per heavy atom. The standard InChI is InChI=1S/C12H10ClNO2/c1-7-9-6-8(13)2-3-11(9)16-10(7)4-5-12(14)15/h2-6H,1H3,(H2,14,15)/b5-4+. The van der Waals surface area contributed by atoms with Crippen molar-refractivity contribution in [2.24, 2.45) is 5.73 Å². The SMILES string of the molecule is Cc1c(/C=C/C(N)=O)oc2ccc(Cl)cc12. The zero-order valence-electron chi connectivity index (χ0n) is 8.66. The Hall–Kier alpha value is -1.74. The predicted octanol–water partition coefficient (Wildman–Crippen LogP) is 2.89. The Balaban J connectivity index is 2.56. The van der Waals surface area contributed by atoms with E-state index in [1.165, 1.54) is 6.08 Å². The van der Waals surface area contributed by atoms with Crippen molar-refractivity contribution < 1.29 is 9.21 Å². The highest BCUT2D eigenvalue weighted by Gasteiger charge is 2.08. The fraction of sp³-hybridized carbons (Fsp3) is 0.0833. The van der Waals surface area contributed by atoms with Gasteiger partial charge < -0.3 is 10.2 Å². The number of benzene rings is 1. The van der Waals surface area contributed by atoms with E-state index in [0.717, 1.165) is 16.5 Å². The van der Waals surface area contributed by atoms with Crippen LogP contribution in [0.15, 0.2) is 28.7 Å². The van der Waals surface area contributed by atoms with Gasteiger partial charge in [-0.25, -0.2) is 0 Å². The Labute approximate surface area is 97.5 Å². The Bertz CT molecular complexity index is 584. The maximum atomic E-state index is 10.6. The number of carbonyl (C=O) groups excluding carboxylic acids is 1. The van der Waals surface area contributed by atoms with Gasteiger partial charge in [-0.05, 0) is 31.2 Å². The zero-order valence-corrected chi connectivity index (χ0v) is 9.41. The fourth-order valence-electron chi connectivity index (χ4n) is 1.53. The average Bonchev–Trinajstić information content (AvgIpc) is 2.53. The van der Waals surface area contributed by atoms with Crippen LogP contribution in [0.3, 0.4) is 0 Å². The lowest BCUT2D eigenvalue weighted by Crippen LogP contribution is -2.05. The summed E-state index contributed by atoms with van der Waals surface area (Å²) in [6.45, 7) is 1.91. The maximum absolute atomic E-state index is 10.6. The molecule has 0 saturated carbocycles. The van der Waals surface area contributed by atoms with Gasteiger partial charge in [0, 0.05) is 22.0 Å². The molecular formula is C12H10ClNO2. The van der Waals surface area contributed by atoms with Crippen LogP contribution in [0, 0.1) is 6.92 Å². The maximum Gasteiger partial charge on any atom is 0.241 e. The first-order valence-electron chi connectivity index (χ1n) is 4.74. The number of primary amides is 1. The lowest BCUT2D eigenvalue weighted by Gasteiger charge is -1.90. The van der Waals surface area contributed by atoms with Crippen LogP contribution in [-0.2, 0) is 4.79 Å². The number of aryl methyl sites for hydroxylation is 1. The number of amides is 1. The number of fused-ring (bicyclic) bond motifs is 1. The van der Waals surface area contributed by atoms with E-state index in [0.29, 0.717) is 10.8 Å². The summed E-state index contributed by atoms with van der Waals surface area (Å²) < 4.78 is 5.55. The molecule has 0 unspecified atom stereocenters. The van der Waals surface area contributed by atoms with Gasteiger partial charge in [0.25, 0.3) is 0 Å². The number of hydrogen-bond acceptors (Lipinski definition) is 2. The lowest BCUT2D eigenvalue weighted by molar-refractivity contribution is -0.113.